The summed E-state index contributed by atoms with van der Waals surface area (Å²) in [6.07, 6.45) is 0.130. The van der Waals surface area contributed by atoms with Gasteiger partial charge in [-0.2, -0.15) is 0 Å². The highest BCUT2D eigenvalue weighted by Gasteiger charge is 1.93. The molecular weight excluding hydrogens is 114 g/mol. The van der Waals surface area contributed by atoms with Crippen LogP contribution in [0.4, 0.5) is 0 Å². The summed E-state index contributed by atoms with van der Waals surface area (Å²) in [5.74, 6) is 5.52. The van der Waals surface area contributed by atoms with E-state index in [1.807, 2.05) is 6.92 Å². The molecule has 0 spiro atoms. The minimum atomic E-state index is 0.130. The monoisotopic (exact) mass is 127 g/mol. The smallest absolute Gasteiger partial charge is 0.108 e. The van der Waals surface area contributed by atoms with E-state index in [1.165, 1.54) is 0 Å². The predicted molar refractivity (Wildman–Crippen MR) is 37.9 cm³/mol. The minimum Gasteiger partial charge on any atom is -0.365 e. The lowest BCUT2D eigenvalue weighted by Gasteiger charge is -2.05. The van der Waals surface area contributed by atoms with E-state index in [4.69, 9.17) is 10.5 Å². The van der Waals surface area contributed by atoms with Gasteiger partial charge in [0, 0.05) is 6.54 Å². The van der Waals surface area contributed by atoms with Crippen molar-refractivity contribution in [3.05, 3.63) is 0 Å². The van der Waals surface area contributed by atoms with Crippen LogP contribution in [-0.2, 0) is 4.74 Å². The number of hydrogen-bond acceptors (Lipinski definition) is 2. The minimum absolute atomic E-state index is 0.130. The largest absolute Gasteiger partial charge is 0.365 e. The van der Waals surface area contributed by atoms with Gasteiger partial charge in [0.1, 0.15) is 6.61 Å². The summed E-state index contributed by atoms with van der Waals surface area (Å²) in [4.78, 5) is 0. The fourth-order valence-corrected chi connectivity index (χ4v) is 0.324. The summed E-state index contributed by atoms with van der Waals surface area (Å²) in [5, 5.41) is 0. The summed E-state index contributed by atoms with van der Waals surface area (Å²) in [6, 6.07) is 0. The van der Waals surface area contributed by atoms with Gasteiger partial charge in [-0.1, -0.05) is 5.92 Å². The number of rotatable bonds is 3. The van der Waals surface area contributed by atoms with Gasteiger partial charge >= 0.3 is 0 Å². The molecule has 0 fully saturated rings. The maximum atomic E-state index is 5.28. The van der Waals surface area contributed by atoms with Crippen LogP contribution in [0.3, 0.4) is 0 Å². The average molecular weight is 127 g/mol. The lowest BCUT2D eigenvalue weighted by Crippen LogP contribution is -2.19. The van der Waals surface area contributed by atoms with Crippen LogP contribution in [0.15, 0.2) is 0 Å². The molecule has 0 saturated heterocycles. The molecule has 0 aliphatic carbocycles. The third kappa shape index (κ3) is 5.35. The fourth-order valence-electron chi connectivity index (χ4n) is 0.324. The van der Waals surface area contributed by atoms with E-state index in [1.54, 1.807) is 6.92 Å². The lowest BCUT2D eigenvalue weighted by atomic mass is 10.4. The zero-order valence-corrected chi connectivity index (χ0v) is 5.98. The summed E-state index contributed by atoms with van der Waals surface area (Å²) in [7, 11) is 0. The fraction of sp³-hybridized carbons (Fsp3) is 0.714. The Labute approximate surface area is 56.4 Å². The van der Waals surface area contributed by atoms with E-state index < -0.39 is 0 Å². The van der Waals surface area contributed by atoms with Gasteiger partial charge in [0.2, 0.25) is 0 Å². The lowest BCUT2D eigenvalue weighted by molar-refractivity contribution is 0.0986. The van der Waals surface area contributed by atoms with E-state index in [2.05, 4.69) is 11.8 Å². The van der Waals surface area contributed by atoms with Crippen LogP contribution in [0.5, 0.6) is 0 Å². The van der Waals surface area contributed by atoms with Crippen LogP contribution >= 0.6 is 0 Å². The van der Waals surface area contributed by atoms with Gasteiger partial charge in [-0.05, 0) is 13.8 Å². The molecule has 0 aromatic rings. The Hall–Kier alpha value is -0.520. The SMILES string of the molecule is CC#CCOC(C)CN. The molecule has 0 saturated carbocycles. The molecule has 0 aliphatic heterocycles. The Morgan fingerprint density at radius 1 is 1.67 bits per heavy atom. The van der Waals surface area contributed by atoms with E-state index in [-0.39, 0.29) is 6.10 Å². The summed E-state index contributed by atoms with van der Waals surface area (Å²) in [5.41, 5.74) is 5.28. The highest BCUT2D eigenvalue weighted by atomic mass is 16.5. The van der Waals surface area contributed by atoms with Gasteiger partial charge in [0.25, 0.3) is 0 Å². The van der Waals surface area contributed by atoms with Crippen molar-refractivity contribution in [2.45, 2.75) is 20.0 Å². The molecule has 0 aromatic heterocycles. The first kappa shape index (κ1) is 8.48. The Morgan fingerprint density at radius 2 is 2.33 bits per heavy atom. The zero-order chi connectivity index (χ0) is 7.11. The zero-order valence-electron chi connectivity index (χ0n) is 5.98. The first-order valence-corrected chi connectivity index (χ1v) is 3.02. The van der Waals surface area contributed by atoms with Crippen molar-refractivity contribution < 1.29 is 4.74 Å². The molecule has 0 radical (unpaired) electrons. The molecule has 0 aromatic carbocycles. The maximum Gasteiger partial charge on any atom is 0.108 e. The van der Waals surface area contributed by atoms with Crippen molar-refractivity contribution in [3.63, 3.8) is 0 Å². The normalized spacial score (nSPS) is 11.9. The molecule has 0 heterocycles. The van der Waals surface area contributed by atoms with Crippen molar-refractivity contribution in [1.82, 2.24) is 0 Å². The first-order chi connectivity index (χ1) is 4.31. The molecule has 52 valence electrons. The molecule has 9 heavy (non-hydrogen) atoms. The summed E-state index contributed by atoms with van der Waals surface area (Å²) < 4.78 is 5.13. The van der Waals surface area contributed by atoms with Crippen molar-refractivity contribution in [3.8, 4) is 11.8 Å². The van der Waals surface area contributed by atoms with Gasteiger partial charge in [-0.3, -0.25) is 0 Å². The van der Waals surface area contributed by atoms with Gasteiger partial charge in [-0.15, -0.1) is 5.92 Å². The Morgan fingerprint density at radius 3 is 2.78 bits per heavy atom. The summed E-state index contributed by atoms with van der Waals surface area (Å²) in [6.45, 7) is 4.77. The van der Waals surface area contributed by atoms with Gasteiger partial charge in [-0.25, -0.2) is 0 Å². The van der Waals surface area contributed by atoms with Gasteiger partial charge in [0.15, 0.2) is 0 Å². The average Bonchev–Trinajstić information content (AvgIpc) is 1.89. The van der Waals surface area contributed by atoms with Gasteiger partial charge in [0.05, 0.1) is 6.10 Å². The van der Waals surface area contributed by atoms with E-state index in [0.29, 0.717) is 13.2 Å². The molecule has 2 nitrogen and oxygen atoms in total. The molecule has 1 atom stereocenters. The summed E-state index contributed by atoms with van der Waals surface area (Å²) >= 11 is 0. The second kappa shape index (κ2) is 5.61. The Balaban J connectivity index is 3.13. The van der Waals surface area contributed by atoms with Crippen LogP contribution in [0.1, 0.15) is 13.8 Å². The van der Waals surface area contributed by atoms with Crippen molar-refractivity contribution >= 4 is 0 Å². The Bertz CT molecular complexity index is 112. The van der Waals surface area contributed by atoms with Crippen LogP contribution in [-0.4, -0.2) is 19.3 Å². The van der Waals surface area contributed by atoms with E-state index in [0.717, 1.165) is 0 Å². The number of nitrogens with two attached hydrogens (primary N) is 1. The molecule has 1 unspecified atom stereocenters. The molecule has 0 amide bonds. The predicted octanol–water partition coefficient (Wildman–Crippen LogP) is 0.374. The van der Waals surface area contributed by atoms with Crippen LogP contribution in [0.25, 0.3) is 0 Å². The molecule has 2 heteroatoms. The van der Waals surface area contributed by atoms with Crippen molar-refractivity contribution in [1.29, 1.82) is 0 Å². The third-order valence-electron chi connectivity index (χ3n) is 0.949. The van der Waals surface area contributed by atoms with Crippen LogP contribution < -0.4 is 5.73 Å². The number of hydrogen-bond donors (Lipinski definition) is 1. The molecular formula is C7H13NO. The molecule has 0 aliphatic rings. The Kier molecular flexibility index (Phi) is 5.29. The quantitative estimate of drug-likeness (QED) is 0.556. The number of ether oxygens (including phenoxy) is 1. The molecule has 2 N–H and O–H groups in total. The van der Waals surface area contributed by atoms with Crippen molar-refractivity contribution in [2.24, 2.45) is 5.73 Å². The highest BCUT2D eigenvalue weighted by molar-refractivity contribution is 4.94. The second-order valence-electron chi connectivity index (χ2n) is 1.78. The van der Waals surface area contributed by atoms with E-state index in [9.17, 15) is 0 Å². The van der Waals surface area contributed by atoms with Crippen LogP contribution in [0.2, 0.25) is 0 Å². The van der Waals surface area contributed by atoms with Crippen molar-refractivity contribution in [2.75, 3.05) is 13.2 Å². The highest BCUT2D eigenvalue weighted by Crippen LogP contribution is 1.83. The first-order valence-electron chi connectivity index (χ1n) is 3.02. The van der Waals surface area contributed by atoms with Crippen LogP contribution in [0, 0.1) is 11.8 Å². The molecule has 0 rings (SSSR count). The second-order valence-corrected chi connectivity index (χ2v) is 1.78. The maximum absolute atomic E-state index is 5.28. The standard InChI is InChI=1S/C7H13NO/c1-3-4-5-9-7(2)6-8/h7H,5-6,8H2,1-2H3. The van der Waals surface area contributed by atoms with Gasteiger partial charge < -0.3 is 10.5 Å². The topological polar surface area (TPSA) is 35.2 Å². The third-order valence-corrected chi connectivity index (χ3v) is 0.949. The van der Waals surface area contributed by atoms with E-state index >= 15 is 0 Å². The molecule has 0 bridgehead atoms.